The maximum absolute atomic E-state index is 12.6. The van der Waals surface area contributed by atoms with Crippen LogP contribution >= 0.6 is 0 Å². The van der Waals surface area contributed by atoms with E-state index in [0.717, 1.165) is 16.8 Å². The molecule has 0 unspecified atom stereocenters. The zero-order valence-corrected chi connectivity index (χ0v) is 17.0. The van der Waals surface area contributed by atoms with Crippen molar-refractivity contribution in [2.24, 2.45) is 0 Å². The van der Waals surface area contributed by atoms with E-state index < -0.39 is 15.7 Å². The third-order valence-corrected chi connectivity index (χ3v) is 6.17. The molecule has 1 aromatic heterocycles. The van der Waals surface area contributed by atoms with Crippen LogP contribution in [-0.4, -0.2) is 35.1 Å². The number of carbonyl (C=O) groups is 1. The van der Waals surface area contributed by atoms with Crippen molar-refractivity contribution in [2.75, 3.05) is 11.1 Å². The summed E-state index contributed by atoms with van der Waals surface area (Å²) < 4.78 is 23.8. The van der Waals surface area contributed by atoms with Crippen LogP contribution in [0.4, 0.5) is 5.69 Å². The van der Waals surface area contributed by atoms with E-state index in [9.17, 15) is 13.2 Å². The van der Waals surface area contributed by atoms with Gasteiger partial charge in [-0.3, -0.25) is 4.79 Å². The molecule has 8 heteroatoms. The lowest BCUT2D eigenvalue weighted by atomic mass is 10.1. The number of hydrogen-bond acceptors (Lipinski definition) is 5. The van der Waals surface area contributed by atoms with Gasteiger partial charge in [-0.05, 0) is 56.7 Å². The molecule has 0 bridgehead atoms. The van der Waals surface area contributed by atoms with Gasteiger partial charge >= 0.3 is 0 Å². The van der Waals surface area contributed by atoms with E-state index in [2.05, 4.69) is 15.5 Å². The van der Waals surface area contributed by atoms with E-state index in [1.54, 1.807) is 26.0 Å². The number of benzene rings is 2. The van der Waals surface area contributed by atoms with Crippen LogP contribution in [0.1, 0.15) is 34.2 Å². The summed E-state index contributed by atoms with van der Waals surface area (Å²) in [5.74, 6) is -0.376. The molecule has 28 heavy (non-hydrogen) atoms. The molecule has 1 heterocycles. The third-order valence-electron chi connectivity index (χ3n) is 4.42. The number of aromatic nitrogens is 3. The largest absolute Gasteiger partial charge is 0.321 e. The highest BCUT2D eigenvalue weighted by molar-refractivity contribution is 7.91. The molecule has 0 atom stereocenters. The summed E-state index contributed by atoms with van der Waals surface area (Å²) in [7, 11) is -3.28. The lowest BCUT2D eigenvalue weighted by molar-refractivity contribution is 0.102. The minimum atomic E-state index is -3.28. The molecule has 0 spiro atoms. The molecule has 0 saturated heterocycles. The number of nitrogens with zero attached hydrogens (tertiary/aromatic N) is 3. The molecule has 0 aliphatic heterocycles. The summed E-state index contributed by atoms with van der Waals surface area (Å²) in [5, 5.41) is 11.4. The number of rotatable bonds is 5. The molecule has 146 valence electrons. The molecule has 0 radical (unpaired) electrons. The van der Waals surface area contributed by atoms with E-state index in [0.29, 0.717) is 11.4 Å². The van der Waals surface area contributed by atoms with Crippen molar-refractivity contribution in [1.29, 1.82) is 0 Å². The van der Waals surface area contributed by atoms with Crippen molar-refractivity contribution in [1.82, 2.24) is 15.0 Å². The van der Waals surface area contributed by atoms with Crippen LogP contribution in [0.25, 0.3) is 5.69 Å². The predicted molar refractivity (Wildman–Crippen MR) is 108 cm³/mol. The molecule has 7 nitrogen and oxygen atoms in total. The van der Waals surface area contributed by atoms with Crippen molar-refractivity contribution in [2.45, 2.75) is 32.6 Å². The smallest absolute Gasteiger partial charge is 0.278 e. The Balaban J connectivity index is 1.83. The molecule has 1 N–H and O–H groups in total. The summed E-state index contributed by atoms with van der Waals surface area (Å²) in [4.78, 5) is 14.3. The van der Waals surface area contributed by atoms with E-state index >= 15 is 0 Å². The topological polar surface area (TPSA) is 94.0 Å². The first kappa shape index (κ1) is 19.8. The lowest BCUT2D eigenvalue weighted by Crippen LogP contribution is -2.14. The predicted octanol–water partition coefficient (Wildman–Crippen LogP) is 3.24. The highest BCUT2D eigenvalue weighted by Gasteiger charge is 2.18. The Morgan fingerprint density at radius 2 is 1.71 bits per heavy atom. The summed E-state index contributed by atoms with van der Waals surface area (Å²) in [6.07, 6.45) is 0. The molecule has 0 saturated carbocycles. The second kappa shape index (κ2) is 7.55. The van der Waals surface area contributed by atoms with Crippen LogP contribution in [0.2, 0.25) is 0 Å². The number of aryl methyl sites for hydroxylation is 3. The zero-order valence-electron chi connectivity index (χ0n) is 16.2. The monoisotopic (exact) mass is 398 g/mol. The van der Waals surface area contributed by atoms with E-state index in [1.807, 2.05) is 32.0 Å². The van der Waals surface area contributed by atoms with Crippen LogP contribution in [0.5, 0.6) is 0 Å². The Kier molecular flexibility index (Phi) is 5.33. The summed E-state index contributed by atoms with van der Waals surface area (Å²) in [6.45, 7) is 7.28. The van der Waals surface area contributed by atoms with Gasteiger partial charge in [0.15, 0.2) is 15.5 Å². The Hall–Kier alpha value is -3.00. The lowest BCUT2D eigenvalue weighted by Gasteiger charge is -2.06. The van der Waals surface area contributed by atoms with Gasteiger partial charge < -0.3 is 5.32 Å². The van der Waals surface area contributed by atoms with Crippen LogP contribution in [0, 0.1) is 20.8 Å². The summed E-state index contributed by atoms with van der Waals surface area (Å²) in [6, 6.07) is 12.0. The highest BCUT2D eigenvalue weighted by atomic mass is 32.2. The molecular formula is C20H22N4O3S. The molecule has 3 aromatic rings. The van der Waals surface area contributed by atoms with Crippen LogP contribution < -0.4 is 5.32 Å². The summed E-state index contributed by atoms with van der Waals surface area (Å²) in [5.41, 5.74) is 4.15. The number of nitrogens with one attached hydrogen (secondary N) is 1. The average Bonchev–Trinajstić information content (AvgIpc) is 3.03. The van der Waals surface area contributed by atoms with Gasteiger partial charge in [0.05, 0.1) is 22.0 Å². The van der Waals surface area contributed by atoms with Crippen molar-refractivity contribution in [3.05, 3.63) is 65.0 Å². The van der Waals surface area contributed by atoms with E-state index in [1.165, 1.54) is 16.9 Å². The molecule has 2 aromatic carbocycles. The third kappa shape index (κ3) is 3.96. The van der Waals surface area contributed by atoms with Crippen molar-refractivity contribution in [3.8, 4) is 5.69 Å². The number of sulfone groups is 1. The molecule has 1 amide bonds. The molecule has 0 aliphatic carbocycles. The van der Waals surface area contributed by atoms with Gasteiger partial charge in [0, 0.05) is 5.69 Å². The second-order valence-electron chi connectivity index (χ2n) is 6.60. The van der Waals surface area contributed by atoms with Crippen LogP contribution in [0.3, 0.4) is 0 Å². The fourth-order valence-electron chi connectivity index (χ4n) is 2.83. The first-order valence-corrected chi connectivity index (χ1v) is 10.5. The van der Waals surface area contributed by atoms with Gasteiger partial charge in [-0.25, -0.2) is 8.42 Å². The minimum absolute atomic E-state index is 0.0272. The highest BCUT2D eigenvalue weighted by Crippen LogP contribution is 2.18. The molecule has 0 aliphatic rings. The standard InChI is InChI=1S/C20H22N4O3S/c1-5-28(26,27)17-9-7-16(8-10-17)21-20(25)19-15(4)22-24(23-19)18-11-6-13(2)12-14(18)3/h6-12H,5H2,1-4H3,(H,21,25). The van der Waals surface area contributed by atoms with Crippen molar-refractivity contribution >= 4 is 21.4 Å². The summed E-state index contributed by atoms with van der Waals surface area (Å²) >= 11 is 0. The Morgan fingerprint density at radius 1 is 1.04 bits per heavy atom. The van der Waals surface area contributed by atoms with E-state index in [4.69, 9.17) is 0 Å². The first-order chi connectivity index (χ1) is 13.2. The van der Waals surface area contributed by atoms with Gasteiger partial charge in [-0.15, -0.1) is 5.10 Å². The van der Waals surface area contributed by atoms with Crippen LogP contribution in [-0.2, 0) is 9.84 Å². The maximum Gasteiger partial charge on any atom is 0.278 e. The Bertz CT molecular complexity index is 1130. The van der Waals surface area contributed by atoms with E-state index in [-0.39, 0.29) is 16.3 Å². The van der Waals surface area contributed by atoms with Gasteiger partial charge in [-0.1, -0.05) is 24.6 Å². The number of anilines is 1. The molecule has 0 fully saturated rings. The minimum Gasteiger partial charge on any atom is -0.321 e. The fourth-order valence-corrected chi connectivity index (χ4v) is 3.71. The first-order valence-electron chi connectivity index (χ1n) is 8.87. The molecule has 3 rings (SSSR count). The van der Waals surface area contributed by atoms with Gasteiger partial charge in [0.1, 0.15) is 0 Å². The normalized spacial score (nSPS) is 11.4. The maximum atomic E-state index is 12.6. The SMILES string of the molecule is CCS(=O)(=O)c1ccc(NC(=O)c2nn(-c3ccc(C)cc3C)nc2C)cc1. The van der Waals surface area contributed by atoms with Crippen molar-refractivity contribution in [3.63, 3.8) is 0 Å². The fraction of sp³-hybridized carbons (Fsp3) is 0.250. The van der Waals surface area contributed by atoms with Gasteiger partial charge in [0.25, 0.3) is 5.91 Å². The Labute approximate surface area is 164 Å². The van der Waals surface area contributed by atoms with Gasteiger partial charge in [0.2, 0.25) is 0 Å². The van der Waals surface area contributed by atoms with Crippen molar-refractivity contribution < 1.29 is 13.2 Å². The number of carbonyl (C=O) groups excluding carboxylic acids is 1. The zero-order chi connectivity index (χ0) is 20.5. The number of amides is 1. The quantitative estimate of drug-likeness (QED) is 0.712. The van der Waals surface area contributed by atoms with Crippen LogP contribution in [0.15, 0.2) is 47.4 Å². The average molecular weight is 398 g/mol. The second-order valence-corrected chi connectivity index (χ2v) is 8.87. The molecular weight excluding hydrogens is 376 g/mol. The van der Waals surface area contributed by atoms with Gasteiger partial charge in [-0.2, -0.15) is 9.90 Å². The number of hydrogen-bond donors (Lipinski definition) is 1. The Morgan fingerprint density at radius 3 is 2.32 bits per heavy atom.